The second kappa shape index (κ2) is 7.25. The quantitative estimate of drug-likeness (QED) is 0.734. The van der Waals surface area contributed by atoms with Gasteiger partial charge < -0.3 is 4.98 Å². The molecule has 0 amide bonds. The van der Waals surface area contributed by atoms with Crippen molar-refractivity contribution in [1.29, 1.82) is 0 Å². The number of rotatable bonds is 4. The summed E-state index contributed by atoms with van der Waals surface area (Å²) >= 11 is 0. The predicted molar refractivity (Wildman–Crippen MR) is 101 cm³/mol. The van der Waals surface area contributed by atoms with Crippen LogP contribution in [0.1, 0.15) is 31.1 Å². The molecule has 2 aromatic carbocycles. The lowest BCUT2D eigenvalue weighted by Crippen LogP contribution is -2.39. The van der Waals surface area contributed by atoms with Crippen LogP contribution in [0, 0.1) is 5.82 Å². The molecular formula is C20H20FN3O2S. The molecule has 1 aromatic heterocycles. The number of nitrogens with one attached hydrogen (secondary N) is 1. The van der Waals surface area contributed by atoms with E-state index in [1.807, 2.05) is 30.3 Å². The summed E-state index contributed by atoms with van der Waals surface area (Å²) < 4.78 is 41.3. The van der Waals surface area contributed by atoms with Crippen LogP contribution in [0.2, 0.25) is 0 Å². The molecule has 0 unspecified atom stereocenters. The molecule has 4 rings (SSSR count). The Morgan fingerprint density at radius 3 is 2.67 bits per heavy atom. The van der Waals surface area contributed by atoms with Crippen molar-refractivity contribution >= 4 is 10.0 Å². The maximum absolute atomic E-state index is 13.6. The molecule has 1 aliphatic rings. The van der Waals surface area contributed by atoms with Crippen LogP contribution in [0.4, 0.5) is 4.39 Å². The van der Waals surface area contributed by atoms with Gasteiger partial charge >= 0.3 is 0 Å². The van der Waals surface area contributed by atoms with E-state index in [2.05, 4.69) is 9.97 Å². The number of benzene rings is 2. The molecule has 1 N–H and O–H groups in total. The number of halogens is 1. The molecule has 5 nitrogen and oxygen atoms in total. The summed E-state index contributed by atoms with van der Waals surface area (Å²) in [6.45, 7) is 0.394. The monoisotopic (exact) mass is 385 g/mol. The van der Waals surface area contributed by atoms with Gasteiger partial charge in [0.15, 0.2) is 0 Å². The van der Waals surface area contributed by atoms with Crippen molar-refractivity contribution in [3.05, 3.63) is 72.4 Å². The molecule has 2 heterocycles. The number of hydrogen-bond donors (Lipinski definition) is 1. The topological polar surface area (TPSA) is 66.1 Å². The van der Waals surface area contributed by atoms with E-state index in [9.17, 15) is 12.8 Å². The Bertz CT molecular complexity index is 1030. The number of H-pyrrole nitrogens is 1. The summed E-state index contributed by atoms with van der Waals surface area (Å²) in [4.78, 5) is 7.70. The number of hydrogen-bond acceptors (Lipinski definition) is 3. The molecule has 140 valence electrons. The van der Waals surface area contributed by atoms with Crippen molar-refractivity contribution in [3.8, 4) is 11.3 Å². The molecular weight excluding hydrogens is 365 g/mol. The maximum atomic E-state index is 13.6. The number of sulfonamides is 1. The van der Waals surface area contributed by atoms with Gasteiger partial charge in [0.1, 0.15) is 11.6 Å². The fraction of sp³-hybridized carbons (Fsp3) is 0.250. The number of piperidine rings is 1. The molecule has 27 heavy (non-hydrogen) atoms. The van der Waals surface area contributed by atoms with Crippen LogP contribution in [0.3, 0.4) is 0 Å². The Labute approximate surface area is 157 Å². The normalized spacial score (nSPS) is 18.5. The molecule has 1 fully saturated rings. The fourth-order valence-corrected chi connectivity index (χ4v) is 5.19. The van der Waals surface area contributed by atoms with Gasteiger partial charge in [0.25, 0.3) is 0 Å². The minimum atomic E-state index is -3.80. The molecule has 3 aromatic rings. The summed E-state index contributed by atoms with van der Waals surface area (Å²) in [7, 11) is -3.80. The zero-order chi connectivity index (χ0) is 18.9. The molecule has 1 atom stereocenters. The van der Waals surface area contributed by atoms with Gasteiger partial charge in [-0.1, -0.05) is 42.8 Å². The first kappa shape index (κ1) is 17.9. The Balaban J connectivity index is 1.68. The highest BCUT2D eigenvalue weighted by molar-refractivity contribution is 7.89. The summed E-state index contributed by atoms with van der Waals surface area (Å²) in [5, 5.41) is 0. The average molecular weight is 385 g/mol. The fourth-order valence-electron chi connectivity index (χ4n) is 3.50. The van der Waals surface area contributed by atoms with Gasteiger partial charge in [-0.15, -0.1) is 0 Å². The standard InChI is InChI=1S/C20H20FN3O2S/c21-16-9-6-10-17(13-16)27(25,26)24-12-5-4-11-19(24)20-22-14-18(23-20)15-7-2-1-3-8-15/h1-3,6-10,13-14,19H,4-5,11-12H2,(H,22,23)/t19-/m1/s1. The van der Waals surface area contributed by atoms with E-state index in [0.29, 0.717) is 18.8 Å². The molecule has 1 saturated heterocycles. The van der Waals surface area contributed by atoms with Gasteiger partial charge in [0.2, 0.25) is 10.0 Å². The molecule has 0 spiro atoms. The lowest BCUT2D eigenvalue weighted by atomic mass is 10.0. The minimum Gasteiger partial charge on any atom is -0.341 e. The number of aromatic nitrogens is 2. The van der Waals surface area contributed by atoms with Crippen molar-refractivity contribution in [1.82, 2.24) is 14.3 Å². The number of imidazole rings is 1. The Kier molecular flexibility index (Phi) is 4.80. The molecule has 1 aliphatic heterocycles. The first-order valence-corrected chi connectivity index (χ1v) is 10.4. The summed E-state index contributed by atoms with van der Waals surface area (Å²) in [6.07, 6.45) is 4.10. The Morgan fingerprint density at radius 2 is 1.89 bits per heavy atom. The van der Waals surface area contributed by atoms with Crippen molar-refractivity contribution in [2.45, 2.75) is 30.2 Å². The second-order valence-electron chi connectivity index (χ2n) is 6.63. The molecule has 0 bridgehead atoms. The van der Waals surface area contributed by atoms with Gasteiger partial charge in [0, 0.05) is 6.54 Å². The van der Waals surface area contributed by atoms with Gasteiger partial charge in [-0.25, -0.2) is 17.8 Å². The van der Waals surface area contributed by atoms with Crippen molar-refractivity contribution in [2.24, 2.45) is 0 Å². The summed E-state index contributed by atoms with van der Waals surface area (Å²) in [5.74, 6) is 0.0579. The van der Waals surface area contributed by atoms with E-state index in [-0.39, 0.29) is 10.9 Å². The van der Waals surface area contributed by atoms with Crippen LogP contribution in [0.15, 0.2) is 65.7 Å². The third kappa shape index (κ3) is 3.52. The minimum absolute atomic E-state index is 0.0239. The van der Waals surface area contributed by atoms with Crippen LogP contribution in [0.25, 0.3) is 11.3 Å². The second-order valence-corrected chi connectivity index (χ2v) is 8.52. The van der Waals surface area contributed by atoms with Gasteiger partial charge in [0.05, 0.1) is 22.8 Å². The average Bonchev–Trinajstić information content (AvgIpc) is 3.19. The number of nitrogens with zero attached hydrogens (tertiary/aromatic N) is 2. The van der Waals surface area contributed by atoms with Gasteiger partial charge in [-0.2, -0.15) is 4.31 Å². The van der Waals surface area contributed by atoms with E-state index in [1.165, 1.54) is 22.5 Å². The molecule has 0 saturated carbocycles. The van der Waals surface area contributed by atoms with E-state index in [1.54, 1.807) is 6.20 Å². The highest BCUT2D eigenvalue weighted by atomic mass is 32.2. The summed E-state index contributed by atoms with van der Waals surface area (Å²) in [5.41, 5.74) is 1.84. The zero-order valence-corrected chi connectivity index (χ0v) is 15.5. The lowest BCUT2D eigenvalue weighted by molar-refractivity contribution is 0.247. The highest BCUT2D eigenvalue weighted by Gasteiger charge is 2.36. The molecule has 7 heteroatoms. The van der Waals surface area contributed by atoms with Gasteiger partial charge in [-0.05, 0) is 36.6 Å². The first-order chi connectivity index (χ1) is 13.1. The molecule has 0 radical (unpaired) electrons. The van der Waals surface area contributed by atoms with E-state index < -0.39 is 15.8 Å². The van der Waals surface area contributed by atoms with E-state index >= 15 is 0 Å². The highest BCUT2D eigenvalue weighted by Crippen LogP contribution is 2.35. The molecule has 0 aliphatic carbocycles. The Hall–Kier alpha value is -2.51. The lowest BCUT2D eigenvalue weighted by Gasteiger charge is -2.33. The maximum Gasteiger partial charge on any atom is 0.243 e. The van der Waals surface area contributed by atoms with Crippen LogP contribution < -0.4 is 0 Å². The van der Waals surface area contributed by atoms with Gasteiger partial charge in [-0.3, -0.25) is 0 Å². The predicted octanol–water partition coefficient (Wildman–Crippen LogP) is 4.13. The largest absolute Gasteiger partial charge is 0.341 e. The van der Waals surface area contributed by atoms with E-state index in [4.69, 9.17) is 0 Å². The third-order valence-corrected chi connectivity index (χ3v) is 6.76. The van der Waals surface area contributed by atoms with Crippen LogP contribution >= 0.6 is 0 Å². The van der Waals surface area contributed by atoms with Crippen molar-refractivity contribution < 1.29 is 12.8 Å². The first-order valence-electron chi connectivity index (χ1n) is 8.93. The SMILES string of the molecule is O=S(=O)(c1cccc(F)c1)N1CCCC[C@@H]1c1ncc(-c2ccccc2)[nH]1. The summed E-state index contributed by atoms with van der Waals surface area (Å²) in [6, 6.07) is 14.5. The van der Waals surface area contributed by atoms with Crippen LogP contribution in [-0.2, 0) is 10.0 Å². The Morgan fingerprint density at radius 1 is 1.07 bits per heavy atom. The van der Waals surface area contributed by atoms with E-state index in [0.717, 1.165) is 30.2 Å². The van der Waals surface area contributed by atoms with Crippen LogP contribution in [-0.4, -0.2) is 29.2 Å². The third-order valence-electron chi connectivity index (χ3n) is 4.85. The van der Waals surface area contributed by atoms with Crippen molar-refractivity contribution in [3.63, 3.8) is 0 Å². The van der Waals surface area contributed by atoms with Crippen LogP contribution in [0.5, 0.6) is 0 Å². The zero-order valence-electron chi connectivity index (χ0n) is 14.7. The smallest absolute Gasteiger partial charge is 0.243 e. The number of aromatic amines is 1. The van der Waals surface area contributed by atoms with Crippen molar-refractivity contribution in [2.75, 3.05) is 6.54 Å².